The second-order valence-corrected chi connectivity index (χ2v) is 9.97. The molecule has 154 valence electrons. The molecule has 0 unspecified atom stereocenters. The van der Waals surface area contributed by atoms with Gasteiger partial charge in [-0.05, 0) is 87.5 Å². The molecular formula is C22H37NO4. The molecule has 4 bridgehead atoms. The highest BCUT2D eigenvalue weighted by Gasteiger charge is 2.49. The lowest BCUT2D eigenvalue weighted by atomic mass is 9.49. The Hall–Kier alpha value is -0.460. The molecule has 5 rings (SSSR count). The van der Waals surface area contributed by atoms with Gasteiger partial charge in [-0.15, -0.1) is 0 Å². The van der Waals surface area contributed by atoms with E-state index in [1.54, 1.807) is 0 Å². The van der Waals surface area contributed by atoms with Crippen molar-refractivity contribution in [3.8, 4) is 0 Å². The van der Waals surface area contributed by atoms with Gasteiger partial charge in [0.2, 0.25) is 0 Å². The summed E-state index contributed by atoms with van der Waals surface area (Å²) in [6.45, 7) is 0.848. The molecule has 1 saturated heterocycles. The minimum atomic E-state index is -1.17. The zero-order valence-electron chi connectivity index (χ0n) is 16.4. The van der Waals surface area contributed by atoms with E-state index in [-0.39, 0.29) is 6.61 Å². The normalized spacial score (nSPS) is 47.2. The summed E-state index contributed by atoms with van der Waals surface area (Å²) in [6, 6.07) is -0.481. The number of β-amino-alcohol motifs (C(OH)–C–C–N with tert-alkyl or cyclic N) is 1. The minimum absolute atomic E-state index is 0.198. The first kappa shape index (κ1) is 19.8. The van der Waals surface area contributed by atoms with E-state index in [9.17, 15) is 20.4 Å². The molecule has 0 amide bonds. The molecule has 1 aliphatic heterocycles. The van der Waals surface area contributed by atoms with Gasteiger partial charge in [0, 0.05) is 6.54 Å². The van der Waals surface area contributed by atoms with Gasteiger partial charge in [0.15, 0.2) is 0 Å². The van der Waals surface area contributed by atoms with Crippen LogP contribution >= 0.6 is 0 Å². The van der Waals surface area contributed by atoms with Crippen LogP contribution in [-0.2, 0) is 0 Å². The summed E-state index contributed by atoms with van der Waals surface area (Å²) in [4.78, 5) is 1.92. The van der Waals surface area contributed by atoms with Crippen molar-refractivity contribution in [2.45, 2.75) is 82.1 Å². The van der Waals surface area contributed by atoms with Crippen molar-refractivity contribution in [1.29, 1.82) is 0 Å². The third-order valence-corrected chi connectivity index (χ3v) is 7.84. The average Bonchev–Trinajstić information content (AvgIpc) is 2.61. The first-order valence-electron chi connectivity index (χ1n) is 11.1. The Morgan fingerprint density at radius 2 is 1.52 bits per heavy atom. The fourth-order valence-corrected chi connectivity index (χ4v) is 6.93. The predicted octanol–water partition coefficient (Wildman–Crippen LogP) is 1.69. The zero-order valence-corrected chi connectivity index (χ0v) is 16.4. The molecular weight excluding hydrogens is 342 g/mol. The molecule has 1 heterocycles. The number of allylic oxidation sites excluding steroid dienone is 2. The van der Waals surface area contributed by atoms with Gasteiger partial charge < -0.3 is 20.4 Å². The van der Waals surface area contributed by atoms with Crippen LogP contribution in [-0.4, -0.2) is 69.4 Å². The van der Waals surface area contributed by atoms with Crippen LogP contribution in [0.3, 0.4) is 0 Å². The summed E-state index contributed by atoms with van der Waals surface area (Å²) < 4.78 is 0. The number of likely N-dealkylation sites (tertiary alicyclic amines) is 1. The van der Waals surface area contributed by atoms with Crippen molar-refractivity contribution in [2.75, 3.05) is 19.7 Å². The molecule has 0 aromatic carbocycles. The first-order valence-corrected chi connectivity index (χ1v) is 11.1. The molecule has 4 N–H and O–H groups in total. The Labute approximate surface area is 163 Å². The molecule has 4 saturated carbocycles. The van der Waals surface area contributed by atoms with Gasteiger partial charge in [-0.2, -0.15) is 0 Å². The number of unbranched alkanes of at least 4 members (excludes halogenated alkanes) is 2. The fraction of sp³-hybridized carbons (Fsp3) is 0.909. The summed E-state index contributed by atoms with van der Waals surface area (Å²) in [5.74, 6) is 2.97. The molecule has 5 fully saturated rings. The van der Waals surface area contributed by atoms with Gasteiger partial charge in [-0.1, -0.05) is 12.2 Å². The van der Waals surface area contributed by atoms with E-state index >= 15 is 0 Å². The number of aliphatic hydroxyl groups is 4. The van der Waals surface area contributed by atoms with Crippen LogP contribution in [0.1, 0.15) is 57.8 Å². The highest BCUT2D eigenvalue weighted by atomic mass is 16.4. The molecule has 5 aliphatic rings. The first-order chi connectivity index (χ1) is 13.0. The number of hydrogen-bond donors (Lipinski definition) is 4. The lowest BCUT2D eigenvalue weighted by Crippen LogP contribution is -2.62. The van der Waals surface area contributed by atoms with Gasteiger partial charge in [-0.25, -0.2) is 0 Å². The Kier molecular flexibility index (Phi) is 5.96. The topological polar surface area (TPSA) is 84.2 Å². The van der Waals surface area contributed by atoms with Crippen LogP contribution in [0.15, 0.2) is 12.2 Å². The van der Waals surface area contributed by atoms with Crippen LogP contribution in [0.2, 0.25) is 0 Å². The molecule has 0 spiro atoms. The predicted molar refractivity (Wildman–Crippen MR) is 104 cm³/mol. The smallest absolute Gasteiger partial charge is 0.109 e. The Bertz CT molecular complexity index is 501. The Morgan fingerprint density at radius 1 is 0.889 bits per heavy atom. The summed E-state index contributed by atoms with van der Waals surface area (Å²) in [5, 5.41) is 39.2. The van der Waals surface area contributed by atoms with E-state index in [1.165, 1.54) is 38.5 Å². The largest absolute Gasteiger partial charge is 0.395 e. The number of hydrogen-bond acceptors (Lipinski definition) is 5. The van der Waals surface area contributed by atoms with Crippen LogP contribution < -0.4 is 0 Å². The second kappa shape index (κ2) is 8.11. The second-order valence-electron chi connectivity index (χ2n) is 9.97. The third kappa shape index (κ3) is 4.13. The van der Waals surface area contributed by atoms with Crippen LogP contribution in [0.5, 0.6) is 0 Å². The maximum Gasteiger partial charge on any atom is 0.109 e. The summed E-state index contributed by atoms with van der Waals surface area (Å²) in [7, 11) is 0. The summed E-state index contributed by atoms with van der Waals surface area (Å²) in [6.07, 6.45) is 13.6. The van der Waals surface area contributed by atoms with Gasteiger partial charge in [0.05, 0.1) is 18.8 Å². The van der Waals surface area contributed by atoms with Crippen molar-refractivity contribution in [3.63, 3.8) is 0 Å². The van der Waals surface area contributed by atoms with Crippen LogP contribution in [0.4, 0.5) is 0 Å². The Balaban J connectivity index is 1.21. The SMILES string of the molecule is OC[C@H]1[C@@H](O)[C@H](O)[C@@H](O)CN1CCCC/C=C\C12CC3CC(CC(C3)C1)C2. The Morgan fingerprint density at radius 3 is 2.11 bits per heavy atom. The lowest BCUT2D eigenvalue weighted by Gasteiger charge is -2.56. The van der Waals surface area contributed by atoms with E-state index in [4.69, 9.17) is 0 Å². The van der Waals surface area contributed by atoms with Crippen molar-refractivity contribution in [3.05, 3.63) is 12.2 Å². The molecule has 0 aromatic rings. The van der Waals surface area contributed by atoms with Gasteiger partial charge in [-0.3, -0.25) is 4.90 Å². The van der Waals surface area contributed by atoms with Crippen molar-refractivity contribution in [1.82, 2.24) is 4.90 Å². The maximum atomic E-state index is 10.0. The number of nitrogens with zero attached hydrogens (tertiary/aromatic N) is 1. The lowest BCUT2D eigenvalue weighted by molar-refractivity contribution is -0.145. The van der Waals surface area contributed by atoms with E-state index in [0.29, 0.717) is 12.0 Å². The quantitative estimate of drug-likeness (QED) is 0.400. The van der Waals surface area contributed by atoms with Gasteiger partial charge in [0.25, 0.3) is 0 Å². The minimum Gasteiger partial charge on any atom is -0.395 e. The molecule has 5 nitrogen and oxygen atoms in total. The average molecular weight is 380 g/mol. The highest BCUT2D eigenvalue weighted by Crippen LogP contribution is 2.60. The van der Waals surface area contributed by atoms with E-state index in [1.807, 2.05) is 4.90 Å². The molecule has 5 heteroatoms. The zero-order chi connectivity index (χ0) is 19.0. The van der Waals surface area contributed by atoms with Crippen molar-refractivity contribution in [2.24, 2.45) is 23.2 Å². The van der Waals surface area contributed by atoms with Gasteiger partial charge in [0.1, 0.15) is 12.2 Å². The van der Waals surface area contributed by atoms with Crippen molar-refractivity contribution >= 4 is 0 Å². The van der Waals surface area contributed by atoms with E-state index < -0.39 is 24.4 Å². The molecule has 0 aromatic heterocycles. The highest BCUT2D eigenvalue weighted by molar-refractivity contribution is 5.10. The number of rotatable bonds is 7. The van der Waals surface area contributed by atoms with Crippen LogP contribution in [0.25, 0.3) is 0 Å². The summed E-state index contributed by atoms with van der Waals surface area (Å²) >= 11 is 0. The molecule has 0 radical (unpaired) electrons. The molecule has 4 atom stereocenters. The van der Waals surface area contributed by atoms with E-state index in [2.05, 4.69) is 12.2 Å². The third-order valence-electron chi connectivity index (χ3n) is 7.84. The molecule has 4 aliphatic carbocycles. The van der Waals surface area contributed by atoms with Gasteiger partial charge >= 0.3 is 0 Å². The monoisotopic (exact) mass is 379 g/mol. The van der Waals surface area contributed by atoms with E-state index in [0.717, 1.165) is 43.6 Å². The fourth-order valence-electron chi connectivity index (χ4n) is 6.93. The summed E-state index contributed by atoms with van der Waals surface area (Å²) in [5.41, 5.74) is 0.508. The van der Waals surface area contributed by atoms with Crippen LogP contribution in [0, 0.1) is 23.2 Å². The maximum absolute atomic E-state index is 10.0. The molecule has 27 heavy (non-hydrogen) atoms. The number of aliphatic hydroxyl groups excluding tert-OH is 4. The van der Waals surface area contributed by atoms with Crippen molar-refractivity contribution < 1.29 is 20.4 Å². The number of piperidine rings is 1. The standard InChI is InChI=1S/C22H37NO4/c24-14-18-20(26)21(27)19(25)13-23(18)6-4-2-1-3-5-22-10-15-7-16(11-22)9-17(8-15)12-22/h3,5,15-21,24-27H,1-2,4,6-14H2/b5-3-/t15?,16?,17?,18-,19-,20+,21+,22?/m0/s1.